The van der Waals surface area contributed by atoms with Crippen LogP contribution in [0.3, 0.4) is 0 Å². The van der Waals surface area contributed by atoms with Crippen molar-refractivity contribution in [1.82, 2.24) is 9.78 Å². The summed E-state index contributed by atoms with van der Waals surface area (Å²) >= 11 is 2.23. The minimum atomic E-state index is 0.0633. The Hall–Kier alpha value is -1.08. The number of rotatable bonds is 3. The lowest BCUT2D eigenvalue weighted by molar-refractivity contribution is -0.0220. The third-order valence-electron chi connectivity index (χ3n) is 2.86. The zero-order chi connectivity index (χ0) is 12.4. The molecule has 0 aliphatic carbocycles. The third kappa shape index (κ3) is 2.51. The van der Waals surface area contributed by atoms with Gasteiger partial charge in [-0.3, -0.25) is 0 Å². The molecular weight excluding hydrogens is 343 g/mol. The Balaban J connectivity index is 1.60. The first kappa shape index (κ1) is 12.0. The topological polar surface area (TPSA) is 36.3 Å². The van der Waals surface area contributed by atoms with Gasteiger partial charge in [0, 0.05) is 0 Å². The molecule has 1 atom stereocenters. The zero-order valence-corrected chi connectivity index (χ0v) is 11.9. The van der Waals surface area contributed by atoms with Crippen molar-refractivity contribution in [3.63, 3.8) is 0 Å². The Labute approximate surface area is 119 Å². The molecule has 18 heavy (non-hydrogen) atoms. The predicted molar refractivity (Wildman–Crippen MR) is 75.5 cm³/mol. The fourth-order valence-corrected chi connectivity index (χ4v) is 2.49. The fourth-order valence-electron chi connectivity index (χ4n) is 1.93. The average molecular weight is 356 g/mol. The van der Waals surface area contributed by atoms with Gasteiger partial charge in [0.25, 0.3) is 0 Å². The monoisotopic (exact) mass is 356 g/mol. The van der Waals surface area contributed by atoms with E-state index in [1.54, 1.807) is 0 Å². The number of hydrogen-bond donors (Lipinski definition) is 0. The van der Waals surface area contributed by atoms with Crippen molar-refractivity contribution in [3.8, 4) is 5.88 Å². The van der Waals surface area contributed by atoms with Gasteiger partial charge in [-0.2, -0.15) is 5.10 Å². The first-order chi connectivity index (χ1) is 8.83. The van der Waals surface area contributed by atoms with Crippen molar-refractivity contribution in [3.05, 3.63) is 45.7 Å². The minimum absolute atomic E-state index is 0.0633. The number of ether oxygens (including phenoxy) is 2. The summed E-state index contributed by atoms with van der Waals surface area (Å²) in [6, 6.07) is 10.2. The molecule has 0 unspecified atom stereocenters. The molecule has 0 N–H and O–H groups in total. The van der Waals surface area contributed by atoms with Gasteiger partial charge in [-0.25, -0.2) is 4.68 Å². The number of aromatic nitrogens is 2. The summed E-state index contributed by atoms with van der Waals surface area (Å²) in [5.74, 6) is 0.857. The third-order valence-corrected chi connectivity index (χ3v) is 3.60. The number of benzene rings is 1. The van der Waals surface area contributed by atoms with Crippen LogP contribution in [-0.4, -0.2) is 22.5 Å². The Kier molecular flexibility index (Phi) is 3.51. The van der Waals surface area contributed by atoms with E-state index in [0.717, 1.165) is 16.0 Å². The summed E-state index contributed by atoms with van der Waals surface area (Å²) in [7, 11) is 0. The number of nitrogens with zero attached hydrogens (tertiary/aromatic N) is 2. The smallest absolute Gasteiger partial charge is 0.225 e. The van der Waals surface area contributed by atoms with E-state index in [9.17, 15) is 0 Å². The molecule has 0 fully saturated rings. The van der Waals surface area contributed by atoms with Gasteiger partial charge in [-0.15, -0.1) is 0 Å². The van der Waals surface area contributed by atoms with Gasteiger partial charge in [0.15, 0.2) is 0 Å². The predicted octanol–water partition coefficient (Wildman–Crippen LogP) is 2.47. The number of fused-ring (bicyclic) bond motifs is 1. The lowest BCUT2D eigenvalue weighted by Gasteiger charge is -2.24. The fraction of sp³-hybridized carbons (Fsp3) is 0.308. The minimum Gasteiger partial charge on any atom is -0.474 e. The van der Waals surface area contributed by atoms with E-state index in [0.29, 0.717) is 13.2 Å². The lowest BCUT2D eigenvalue weighted by Crippen LogP contribution is -2.32. The van der Waals surface area contributed by atoms with Crippen molar-refractivity contribution < 1.29 is 9.47 Å². The van der Waals surface area contributed by atoms with Crippen molar-refractivity contribution in [2.45, 2.75) is 19.3 Å². The maximum Gasteiger partial charge on any atom is 0.225 e. The molecule has 0 saturated carbocycles. The number of halogens is 1. The van der Waals surface area contributed by atoms with Crippen molar-refractivity contribution >= 4 is 22.6 Å². The second-order valence-corrected chi connectivity index (χ2v) is 5.37. The van der Waals surface area contributed by atoms with E-state index in [2.05, 4.69) is 39.8 Å². The standard InChI is InChI=1S/C13H13IN2O2/c14-12-6-15-16-7-11(9-18-13(12)16)17-8-10-4-2-1-3-5-10/h1-6,11H,7-9H2/t11-/m0/s1. The first-order valence-electron chi connectivity index (χ1n) is 5.82. The molecule has 0 spiro atoms. The van der Waals surface area contributed by atoms with Crippen LogP contribution in [0.25, 0.3) is 0 Å². The van der Waals surface area contributed by atoms with E-state index < -0.39 is 0 Å². The van der Waals surface area contributed by atoms with E-state index >= 15 is 0 Å². The second-order valence-electron chi connectivity index (χ2n) is 4.21. The van der Waals surface area contributed by atoms with Gasteiger partial charge < -0.3 is 9.47 Å². The summed E-state index contributed by atoms with van der Waals surface area (Å²) in [5, 5.41) is 4.27. The number of hydrogen-bond acceptors (Lipinski definition) is 3. The largest absolute Gasteiger partial charge is 0.474 e. The molecule has 3 rings (SSSR count). The molecule has 94 valence electrons. The van der Waals surface area contributed by atoms with E-state index in [4.69, 9.17) is 9.47 Å². The summed E-state index contributed by atoms with van der Waals surface area (Å²) < 4.78 is 14.4. The Morgan fingerprint density at radius 3 is 3.06 bits per heavy atom. The second kappa shape index (κ2) is 5.27. The van der Waals surface area contributed by atoms with Crippen LogP contribution in [0.5, 0.6) is 5.88 Å². The lowest BCUT2D eigenvalue weighted by atomic mass is 10.2. The van der Waals surface area contributed by atoms with Crippen molar-refractivity contribution in [2.75, 3.05) is 6.61 Å². The molecule has 4 nitrogen and oxygen atoms in total. The van der Waals surface area contributed by atoms with E-state index in [1.165, 1.54) is 5.56 Å². The molecule has 1 aromatic heterocycles. The molecular formula is C13H13IN2O2. The molecule has 0 radical (unpaired) electrons. The van der Waals surface area contributed by atoms with Gasteiger partial charge in [0.1, 0.15) is 12.7 Å². The van der Waals surface area contributed by atoms with Gasteiger partial charge in [-0.1, -0.05) is 30.3 Å². The Bertz CT molecular complexity index is 527. The average Bonchev–Trinajstić information content (AvgIpc) is 2.79. The van der Waals surface area contributed by atoms with Gasteiger partial charge in [0.2, 0.25) is 5.88 Å². The van der Waals surface area contributed by atoms with Crippen LogP contribution in [-0.2, 0) is 17.9 Å². The van der Waals surface area contributed by atoms with Crippen LogP contribution < -0.4 is 4.74 Å². The van der Waals surface area contributed by atoms with Crippen LogP contribution in [0.2, 0.25) is 0 Å². The highest BCUT2D eigenvalue weighted by atomic mass is 127. The maximum atomic E-state index is 5.85. The maximum absolute atomic E-state index is 5.85. The summed E-state index contributed by atoms with van der Waals surface area (Å²) in [4.78, 5) is 0. The van der Waals surface area contributed by atoms with Crippen LogP contribution in [0.15, 0.2) is 36.5 Å². The summed E-state index contributed by atoms with van der Waals surface area (Å²) in [6.07, 6.45) is 1.88. The SMILES string of the molecule is Ic1cnn2c1OC[C@@H](OCc1ccccc1)C2. The molecule has 0 saturated heterocycles. The highest BCUT2D eigenvalue weighted by molar-refractivity contribution is 14.1. The molecule has 1 aliphatic heterocycles. The van der Waals surface area contributed by atoms with Crippen LogP contribution in [0.1, 0.15) is 5.56 Å². The van der Waals surface area contributed by atoms with Gasteiger partial charge in [-0.05, 0) is 28.2 Å². The van der Waals surface area contributed by atoms with Crippen LogP contribution in [0, 0.1) is 3.57 Å². The zero-order valence-electron chi connectivity index (χ0n) is 9.75. The van der Waals surface area contributed by atoms with E-state index in [1.807, 2.05) is 29.1 Å². The summed E-state index contributed by atoms with van der Waals surface area (Å²) in [6.45, 7) is 1.96. The first-order valence-corrected chi connectivity index (χ1v) is 6.90. The Morgan fingerprint density at radius 2 is 2.22 bits per heavy atom. The molecule has 0 bridgehead atoms. The molecule has 0 amide bonds. The highest BCUT2D eigenvalue weighted by Crippen LogP contribution is 2.24. The van der Waals surface area contributed by atoms with Crippen LogP contribution in [0.4, 0.5) is 0 Å². The quantitative estimate of drug-likeness (QED) is 0.793. The van der Waals surface area contributed by atoms with Crippen molar-refractivity contribution in [1.29, 1.82) is 0 Å². The highest BCUT2D eigenvalue weighted by Gasteiger charge is 2.22. The molecule has 2 aromatic rings. The van der Waals surface area contributed by atoms with Crippen molar-refractivity contribution in [2.24, 2.45) is 0 Å². The van der Waals surface area contributed by atoms with Crippen LogP contribution >= 0.6 is 22.6 Å². The van der Waals surface area contributed by atoms with E-state index in [-0.39, 0.29) is 6.10 Å². The molecule has 1 aliphatic rings. The van der Waals surface area contributed by atoms with Gasteiger partial charge >= 0.3 is 0 Å². The normalized spacial score (nSPS) is 18.2. The Morgan fingerprint density at radius 1 is 1.39 bits per heavy atom. The molecule has 5 heteroatoms. The molecule has 2 heterocycles. The van der Waals surface area contributed by atoms with Gasteiger partial charge in [0.05, 0.1) is 22.9 Å². The summed E-state index contributed by atoms with van der Waals surface area (Å²) in [5.41, 5.74) is 1.18. The molecule has 1 aromatic carbocycles.